The van der Waals surface area contributed by atoms with Gasteiger partial charge in [0.25, 0.3) is 0 Å². The number of para-hydroxylation sites is 4. The summed E-state index contributed by atoms with van der Waals surface area (Å²) in [6.45, 7) is 9.32. The van der Waals surface area contributed by atoms with Gasteiger partial charge in [-0.25, -0.2) is 0 Å². The third kappa shape index (κ3) is 5.85. The van der Waals surface area contributed by atoms with Crippen LogP contribution in [0.5, 0.6) is 0 Å². The molecule has 0 saturated heterocycles. The first-order chi connectivity index (χ1) is 32.3. The van der Waals surface area contributed by atoms with Crippen molar-refractivity contribution >= 4 is 135 Å². The summed E-state index contributed by atoms with van der Waals surface area (Å²) in [5, 5.41) is 12.2. The molecule has 6 heteroatoms. The van der Waals surface area contributed by atoms with Crippen LogP contribution in [-0.4, -0.2) is 8.07 Å². The Morgan fingerprint density at radius 2 is 0.758 bits per heavy atom. The number of rotatable bonds is 7. The minimum atomic E-state index is -1.58. The zero-order valence-electron chi connectivity index (χ0n) is 37.1. The van der Waals surface area contributed by atoms with E-state index in [0.29, 0.717) is 0 Å². The molecule has 0 amide bonds. The van der Waals surface area contributed by atoms with Gasteiger partial charge in [0.2, 0.25) is 0 Å². The molecule has 0 radical (unpaired) electrons. The summed E-state index contributed by atoms with van der Waals surface area (Å²) >= 11 is 0. The molecule has 13 aromatic rings. The van der Waals surface area contributed by atoms with Gasteiger partial charge in [-0.2, -0.15) is 0 Å². The summed E-state index contributed by atoms with van der Waals surface area (Å²) in [5.41, 5.74) is 12.3. The van der Waals surface area contributed by atoms with Crippen LogP contribution in [0, 0.1) is 6.92 Å². The predicted octanol–water partition coefficient (Wildman–Crippen LogP) is 17.5. The lowest BCUT2D eigenvalue weighted by molar-refractivity contribution is 0.668. The Labute approximate surface area is 382 Å². The monoisotopic (exact) mass is 868 g/mol. The standard InChI is InChI=1S/C60H44N2O3Si/c1-37-27-29-38(30-28-37)61(50-23-13-21-47-43-17-9-11-25-54(43)63-59(47)50)52-35-49-57-45-19-7-5-15-41(45)53(36-56(57)65-58(49)46-20-8-6-16-42(46)52)62(39-31-33-40(34-32-39)66(2,3)4)51-24-14-22-48-44-18-10-12-26-55(44)64-60(48)51/h5-36H,1-4H3. The molecule has 66 heavy (non-hydrogen) atoms. The predicted molar refractivity (Wildman–Crippen MR) is 280 cm³/mol. The number of nitrogens with zero attached hydrogens (tertiary/aromatic N) is 2. The van der Waals surface area contributed by atoms with Gasteiger partial charge in [0, 0.05) is 65.9 Å². The second-order valence-electron chi connectivity index (χ2n) is 18.5. The van der Waals surface area contributed by atoms with Crippen molar-refractivity contribution in [2.24, 2.45) is 0 Å². The number of benzene rings is 10. The molecule has 3 aromatic heterocycles. The first-order valence-electron chi connectivity index (χ1n) is 22.7. The Hall–Kier alpha value is -8.06. The van der Waals surface area contributed by atoms with Crippen molar-refractivity contribution in [3.8, 4) is 0 Å². The molecule has 0 N–H and O–H groups in total. The lowest BCUT2D eigenvalue weighted by Gasteiger charge is -2.28. The molecule has 0 saturated carbocycles. The molecule has 0 unspecified atom stereocenters. The molecule has 316 valence electrons. The maximum atomic E-state index is 7.23. The zero-order chi connectivity index (χ0) is 44.3. The number of furan rings is 3. The quantitative estimate of drug-likeness (QED) is 0.149. The Bertz CT molecular complexity index is 4060. The molecule has 0 aliphatic carbocycles. The molecule has 3 heterocycles. The lowest BCUT2D eigenvalue weighted by atomic mass is 9.97. The number of anilines is 6. The zero-order valence-corrected chi connectivity index (χ0v) is 38.1. The fourth-order valence-corrected chi connectivity index (χ4v) is 11.4. The fraction of sp³-hybridized carbons (Fsp3) is 0.0667. The van der Waals surface area contributed by atoms with Crippen molar-refractivity contribution in [3.05, 3.63) is 200 Å². The summed E-state index contributed by atoms with van der Waals surface area (Å²) in [6.07, 6.45) is 0. The van der Waals surface area contributed by atoms with Gasteiger partial charge in [-0.05, 0) is 66.9 Å². The molecule has 0 atom stereocenters. The fourth-order valence-electron chi connectivity index (χ4n) is 10.2. The van der Waals surface area contributed by atoms with E-state index in [4.69, 9.17) is 13.3 Å². The van der Waals surface area contributed by atoms with E-state index in [0.717, 1.165) is 121 Å². The van der Waals surface area contributed by atoms with E-state index < -0.39 is 8.07 Å². The van der Waals surface area contributed by atoms with Crippen LogP contribution in [0.25, 0.3) is 87.4 Å². The van der Waals surface area contributed by atoms with Crippen LogP contribution >= 0.6 is 0 Å². The third-order valence-electron chi connectivity index (χ3n) is 13.5. The maximum absolute atomic E-state index is 7.23. The smallest absolute Gasteiger partial charge is 0.159 e. The summed E-state index contributed by atoms with van der Waals surface area (Å²) in [4.78, 5) is 4.73. The Kier molecular flexibility index (Phi) is 8.42. The van der Waals surface area contributed by atoms with Crippen LogP contribution in [0.1, 0.15) is 5.56 Å². The van der Waals surface area contributed by atoms with Crippen molar-refractivity contribution in [2.45, 2.75) is 26.6 Å². The first kappa shape index (κ1) is 38.4. The van der Waals surface area contributed by atoms with Gasteiger partial charge in [-0.3, -0.25) is 0 Å². The molecular weight excluding hydrogens is 825 g/mol. The van der Waals surface area contributed by atoms with E-state index in [1.54, 1.807) is 0 Å². The van der Waals surface area contributed by atoms with E-state index >= 15 is 0 Å². The first-order valence-corrected chi connectivity index (χ1v) is 26.2. The maximum Gasteiger partial charge on any atom is 0.159 e. The van der Waals surface area contributed by atoms with Crippen LogP contribution < -0.4 is 15.0 Å². The van der Waals surface area contributed by atoms with Crippen LogP contribution in [0.2, 0.25) is 19.6 Å². The average Bonchev–Trinajstić information content (AvgIpc) is 4.05. The van der Waals surface area contributed by atoms with Crippen molar-refractivity contribution in [1.29, 1.82) is 0 Å². The SMILES string of the molecule is Cc1ccc(N(c2cc3c(oc4cc(N(c5ccc([Si](C)(C)C)cc5)c5cccc6c5oc5ccccc56)c5ccccc5c43)c3ccccc23)c2cccc3c2oc2ccccc23)cc1. The highest BCUT2D eigenvalue weighted by Gasteiger charge is 2.27. The van der Waals surface area contributed by atoms with Gasteiger partial charge in [0.15, 0.2) is 11.2 Å². The topological polar surface area (TPSA) is 45.9 Å². The molecule has 5 nitrogen and oxygen atoms in total. The third-order valence-corrected chi connectivity index (χ3v) is 15.5. The summed E-state index contributed by atoms with van der Waals surface area (Å²) in [6, 6.07) is 69.5. The number of fused-ring (bicyclic) bond motifs is 13. The second kappa shape index (κ2) is 14.5. The average molecular weight is 869 g/mol. The minimum absolute atomic E-state index is 0.808. The van der Waals surface area contributed by atoms with E-state index in [2.05, 4.69) is 218 Å². The van der Waals surface area contributed by atoms with Gasteiger partial charge < -0.3 is 23.1 Å². The van der Waals surface area contributed by atoms with Crippen LogP contribution in [0.4, 0.5) is 34.1 Å². The largest absolute Gasteiger partial charge is 0.455 e. The van der Waals surface area contributed by atoms with Crippen molar-refractivity contribution in [1.82, 2.24) is 0 Å². The molecular formula is C60H44N2O3Si. The Balaban J connectivity index is 1.11. The molecule has 0 spiro atoms. The molecule has 0 aliphatic rings. The van der Waals surface area contributed by atoms with Crippen LogP contribution in [0.3, 0.4) is 0 Å². The van der Waals surface area contributed by atoms with Crippen LogP contribution in [0.15, 0.2) is 207 Å². The van der Waals surface area contributed by atoms with Gasteiger partial charge in [0.1, 0.15) is 22.3 Å². The minimum Gasteiger partial charge on any atom is -0.455 e. The van der Waals surface area contributed by atoms with Gasteiger partial charge in [-0.1, -0.05) is 164 Å². The number of hydrogen-bond donors (Lipinski definition) is 0. The lowest BCUT2D eigenvalue weighted by Crippen LogP contribution is -2.37. The highest BCUT2D eigenvalue weighted by Crippen LogP contribution is 2.51. The molecule has 10 aromatic carbocycles. The Morgan fingerprint density at radius 3 is 1.32 bits per heavy atom. The highest BCUT2D eigenvalue weighted by atomic mass is 28.3. The van der Waals surface area contributed by atoms with Gasteiger partial charge >= 0.3 is 0 Å². The van der Waals surface area contributed by atoms with E-state index in [1.807, 2.05) is 12.1 Å². The molecule has 0 aliphatic heterocycles. The number of aryl methyl sites for hydroxylation is 1. The summed E-state index contributed by atoms with van der Waals surface area (Å²) in [7, 11) is -1.58. The van der Waals surface area contributed by atoms with Crippen molar-refractivity contribution in [3.63, 3.8) is 0 Å². The second-order valence-corrected chi connectivity index (χ2v) is 23.6. The summed E-state index contributed by atoms with van der Waals surface area (Å²) < 4.78 is 20.7. The van der Waals surface area contributed by atoms with Crippen LogP contribution in [-0.2, 0) is 0 Å². The highest BCUT2D eigenvalue weighted by molar-refractivity contribution is 6.88. The molecule has 0 fully saturated rings. The van der Waals surface area contributed by atoms with E-state index in [1.165, 1.54) is 10.8 Å². The van der Waals surface area contributed by atoms with E-state index in [9.17, 15) is 0 Å². The van der Waals surface area contributed by atoms with Crippen molar-refractivity contribution in [2.75, 3.05) is 9.80 Å². The van der Waals surface area contributed by atoms with Crippen molar-refractivity contribution < 1.29 is 13.3 Å². The summed E-state index contributed by atoms with van der Waals surface area (Å²) in [5.74, 6) is 0. The Morgan fingerprint density at radius 1 is 0.333 bits per heavy atom. The molecule has 0 bridgehead atoms. The number of hydrogen-bond acceptors (Lipinski definition) is 5. The normalized spacial score (nSPS) is 12.2. The molecule has 13 rings (SSSR count). The van der Waals surface area contributed by atoms with Gasteiger partial charge in [-0.15, -0.1) is 0 Å². The van der Waals surface area contributed by atoms with Gasteiger partial charge in [0.05, 0.1) is 30.8 Å². The van der Waals surface area contributed by atoms with E-state index in [-0.39, 0.29) is 0 Å².